The van der Waals surface area contributed by atoms with E-state index in [1.807, 2.05) is 0 Å². The number of rotatable bonds is 2. The number of benzene rings is 1. The number of alkyl halides is 3. The van der Waals surface area contributed by atoms with Crippen molar-refractivity contribution in [2.45, 2.75) is 6.18 Å². The van der Waals surface area contributed by atoms with Gasteiger partial charge in [-0.25, -0.2) is 14.5 Å². The lowest BCUT2D eigenvalue weighted by Gasteiger charge is -2.11. The lowest BCUT2D eigenvalue weighted by Crippen LogP contribution is -2.13. The van der Waals surface area contributed by atoms with Crippen molar-refractivity contribution in [3.63, 3.8) is 0 Å². The first-order chi connectivity index (χ1) is 11.5. The van der Waals surface area contributed by atoms with Crippen molar-refractivity contribution in [2.75, 3.05) is 0 Å². The van der Waals surface area contributed by atoms with E-state index in [0.717, 1.165) is 16.3 Å². The van der Waals surface area contributed by atoms with Gasteiger partial charge in [0.1, 0.15) is 0 Å². The number of halogens is 3. The van der Waals surface area contributed by atoms with Crippen LogP contribution in [0.4, 0.5) is 13.2 Å². The Hall–Kier alpha value is -3.16. The van der Waals surface area contributed by atoms with E-state index < -0.39 is 11.9 Å². The zero-order valence-electron chi connectivity index (χ0n) is 12.1. The fourth-order valence-corrected chi connectivity index (χ4v) is 2.48. The summed E-state index contributed by atoms with van der Waals surface area (Å²) in [6.45, 7) is 0. The fraction of sp³-hybridized carbons (Fsp3) is 0.0625. The van der Waals surface area contributed by atoms with Gasteiger partial charge in [0.05, 0.1) is 18.2 Å². The maximum atomic E-state index is 13.2. The van der Waals surface area contributed by atoms with E-state index in [-0.39, 0.29) is 11.3 Å². The number of nitrogens with zero attached hydrogens (tertiary/aromatic N) is 5. The van der Waals surface area contributed by atoms with Gasteiger partial charge in [0.15, 0.2) is 11.3 Å². The Balaban J connectivity index is 1.82. The molecule has 0 N–H and O–H groups in total. The lowest BCUT2D eigenvalue weighted by molar-refractivity contribution is -0.142. The molecule has 0 aliphatic heterocycles. The molecule has 0 radical (unpaired) electrons. The molecule has 120 valence electrons. The molecule has 0 bridgehead atoms. The van der Waals surface area contributed by atoms with Gasteiger partial charge in [-0.05, 0) is 18.2 Å². The van der Waals surface area contributed by atoms with E-state index in [4.69, 9.17) is 0 Å². The van der Waals surface area contributed by atoms with Crippen LogP contribution in [-0.2, 0) is 6.18 Å². The summed E-state index contributed by atoms with van der Waals surface area (Å²) in [5.74, 6) is 0. The van der Waals surface area contributed by atoms with Crippen LogP contribution in [0.5, 0.6) is 0 Å². The second kappa shape index (κ2) is 5.19. The number of fused-ring (bicyclic) bond motifs is 1. The molecule has 0 spiro atoms. The van der Waals surface area contributed by atoms with Crippen LogP contribution in [0.1, 0.15) is 5.69 Å². The summed E-state index contributed by atoms with van der Waals surface area (Å²) in [6.07, 6.45) is 1.86. The van der Waals surface area contributed by atoms with Gasteiger partial charge in [0, 0.05) is 29.7 Å². The third kappa shape index (κ3) is 2.41. The van der Waals surface area contributed by atoms with Gasteiger partial charge in [-0.1, -0.05) is 12.1 Å². The minimum absolute atomic E-state index is 0.151. The Labute approximate surface area is 134 Å². The molecule has 0 aliphatic rings. The van der Waals surface area contributed by atoms with Crippen LogP contribution in [0.25, 0.3) is 22.6 Å². The lowest BCUT2D eigenvalue weighted by atomic mass is 10.1. The Morgan fingerprint density at radius 2 is 1.75 bits per heavy atom. The highest BCUT2D eigenvalue weighted by Crippen LogP contribution is 2.32. The summed E-state index contributed by atoms with van der Waals surface area (Å²) < 4.78 is 42.3. The summed E-state index contributed by atoms with van der Waals surface area (Å²) in [4.78, 5) is 8.22. The quantitative estimate of drug-likeness (QED) is 0.564. The van der Waals surface area contributed by atoms with Crippen LogP contribution in [0.2, 0.25) is 0 Å². The molecular weight excluding hydrogens is 319 g/mol. The summed E-state index contributed by atoms with van der Waals surface area (Å²) in [7, 11) is 0. The van der Waals surface area contributed by atoms with Crippen LogP contribution in [0, 0.1) is 0 Å². The highest BCUT2D eigenvalue weighted by molar-refractivity contribution is 5.64. The second-order valence-electron chi connectivity index (χ2n) is 5.14. The number of hydrogen-bond donors (Lipinski definition) is 0. The van der Waals surface area contributed by atoms with Crippen molar-refractivity contribution >= 4 is 5.65 Å². The zero-order valence-corrected chi connectivity index (χ0v) is 12.1. The van der Waals surface area contributed by atoms with Crippen molar-refractivity contribution in [1.29, 1.82) is 0 Å². The minimum atomic E-state index is -4.52. The molecule has 0 unspecified atom stereocenters. The maximum absolute atomic E-state index is 13.2. The molecule has 3 heterocycles. The molecule has 0 fully saturated rings. The molecule has 24 heavy (non-hydrogen) atoms. The molecule has 0 atom stereocenters. The van der Waals surface area contributed by atoms with E-state index in [0.29, 0.717) is 5.56 Å². The molecule has 0 saturated heterocycles. The zero-order chi connectivity index (χ0) is 16.7. The van der Waals surface area contributed by atoms with E-state index in [9.17, 15) is 13.2 Å². The van der Waals surface area contributed by atoms with E-state index in [1.165, 1.54) is 12.3 Å². The third-order valence-electron chi connectivity index (χ3n) is 3.62. The summed E-state index contributed by atoms with van der Waals surface area (Å²) in [6, 6.07) is 9.50. The Kier molecular flexibility index (Phi) is 3.12. The maximum Gasteiger partial charge on any atom is 0.433 e. The van der Waals surface area contributed by atoms with E-state index >= 15 is 0 Å². The number of imidazole rings is 1. The number of aromatic nitrogens is 5. The van der Waals surface area contributed by atoms with Crippen molar-refractivity contribution in [3.8, 4) is 16.9 Å². The highest BCUT2D eigenvalue weighted by atomic mass is 19.4. The molecule has 4 rings (SSSR count). The predicted octanol–water partition coefficient (Wildman–Crippen LogP) is 3.60. The van der Waals surface area contributed by atoms with Gasteiger partial charge in [-0.15, -0.1) is 0 Å². The first-order valence-electron chi connectivity index (χ1n) is 7.03. The minimum Gasteiger partial charge on any atom is -0.306 e. The molecule has 0 saturated carbocycles. The second-order valence-corrected chi connectivity index (χ2v) is 5.14. The van der Waals surface area contributed by atoms with Crippen LogP contribution in [-0.4, -0.2) is 24.1 Å². The average molecular weight is 329 g/mol. The third-order valence-corrected chi connectivity index (χ3v) is 3.62. The van der Waals surface area contributed by atoms with Crippen LogP contribution in [0.3, 0.4) is 0 Å². The van der Waals surface area contributed by atoms with Crippen molar-refractivity contribution < 1.29 is 13.2 Å². The van der Waals surface area contributed by atoms with E-state index in [2.05, 4.69) is 15.1 Å². The highest BCUT2D eigenvalue weighted by Gasteiger charge is 2.35. The van der Waals surface area contributed by atoms with Gasteiger partial charge in [-0.3, -0.25) is 0 Å². The van der Waals surface area contributed by atoms with Crippen molar-refractivity contribution in [1.82, 2.24) is 24.1 Å². The summed E-state index contributed by atoms with van der Waals surface area (Å²) in [5.41, 5.74) is 0.989. The average Bonchev–Trinajstić information content (AvgIpc) is 3.24. The largest absolute Gasteiger partial charge is 0.433 e. The molecule has 5 nitrogen and oxygen atoms in total. The van der Waals surface area contributed by atoms with Crippen molar-refractivity contribution in [2.24, 2.45) is 0 Å². The number of hydrogen-bond acceptors (Lipinski definition) is 3. The van der Waals surface area contributed by atoms with E-state index in [1.54, 1.807) is 47.6 Å². The van der Waals surface area contributed by atoms with Gasteiger partial charge >= 0.3 is 6.18 Å². The molecule has 0 amide bonds. The topological polar surface area (TPSA) is 48.0 Å². The molecular formula is C16H10F3N5. The molecule has 1 aromatic carbocycles. The van der Waals surface area contributed by atoms with Crippen LogP contribution in [0.15, 0.2) is 61.3 Å². The standard InChI is InChI=1S/C16H10F3N5/c17-16(18,19)14-9-13(22-15-5-6-21-24(14)15)11-1-3-12(4-2-11)23-8-7-20-10-23/h1-10H. The van der Waals surface area contributed by atoms with Crippen molar-refractivity contribution in [3.05, 3.63) is 67.0 Å². The molecule has 4 aromatic rings. The van der Waals surface area contributed by atoms with Crippen LogP contribution >= 0.6 is 0 Å². The van der Waals surface area contributed by atoms with Crippen LogP contribution < -0.4 is 0 Å². The SMILES string of the molecule is FC(F)(F)c1cc(-c2ccc(-n3ccnc3)cc2)nc2ccnn12. The first-order valence-corrected chi connectivity index (χ1v) is 7.03. The smallest absolute Gasteiger partial charge is 0.306 e. The predicted molar refractivity (Wildman–Crippen MR) is 80.5 cm³/mol. The Morgan fingerprint density at radius 1 is 0.958 bits per heavy atom. The van der Waals surface area contributed by atoms with Gasteiger partial charge < -0.3 is 4.57 Å². The van der Waals surface area contributed by atoms with Gasteiger partial charge in [0.25, 0.3) is 0 Å². The Morgan fingerprint density at radius 3 is 2.42 bits per heavy atom. The summed E-state index contributed by atoms with van der Waals surface area (Å²) in [5, 5.41) is 3.69. The normalized spacial score (nSPS) is 12.0. The molecule has 3 aromatic heterocycles. The summed E-state index contributed by atoms with van der Waals surface area (Å²) >= 11 is 0. The van der Waals surface area contributed by atoms with Gasteiger partial charge in [0.2, 0.25) is 0 Å². The first kappa shape index (κ1) is 14.4. The molecule has 8 heteroatoms. The molecule has 0 aliphatic carbocycles. The monoisotopic (exact) mass is 329 g/mol. The fourth-order valence-electron chi connectivity index (χ4n) is 2.48. The van der Waals surface area contributed by atoms with Gasteiger partial charge in [-0.2, -0.15) is 18.3 Å². The Bertz CT molecular complexity index is 985.